The first-order valence-corrected chi connectivity index (χ1v) is 6.47. The van der Waals surface area contributed by atoms with Gasteiger partial charge in [-0.25, -0.2) is 4.68 Å². The molecular formula is C11H13N5O2S. The second-order valence-corrected chi connectivity index (χ2v) is 4.89. The van der Waals surface area contributed by atoms with E-state index in [1.165, 1.54) is 4.68 Å². The van der Waals surface area contributed by atoms with E-state index in [0.717, 1.165) is 28.7 Å². The Balaban J connectivity index is 2.33. The van der Waals surface area contributed by atoms with Gasteiger partial charge in [0.2, 0.25) is 5.16 Å². The van der Waals surface area contributed by atoms with Crippen molar-refractivity contribution < 1.29 is 9.90 Å². The number of carbonyl (C=O) groups is 1. The quantitative estimate of drug-likeness (QED) is 0.631. The van der Waals surface area contributed by atoms with Gasteiger partial charge in [-0.15, -0.1) is 10.2 Å². The molecule has 3 N–H and O–H groups in total. The Labute approximate surface area is 113 Å². The van der Waals surface area contributed by atoms with E-state index in [0.29, 0.717) is 11.0 Å². The van der Waals surface area contributed by atoms with Crippen LogP contribution < -0.4 is 5.84 Å². The van der Waals surface area contributed by atoms with E-state index in [4.69, 9.17) is 10.9 Å². The fourth-order valence-corrected chi connectivity index (χ4v) is 2.19. The third-order valence-corrected chi connectivity index (χ3v) is 3.38. The standard InChI is InChI=1S/C11H13N5O2S/c1-6-3-4-8(7(2)13-6)10-14-15-11(16(10)12)19-5-9(17)18/h3-4H,5,12H2,1-2H3,(H,17,18). The lowest BCUT2D eigenvalue weighted by Gasteiger charge is -2.05. The lowest BCUT2D eigenvalue weighted by atomic mass is 10.2. The van der Waals surface area contributed by atoms with Crippen LogP contribution in [-0.4, -0.2) is 36.7 Å². The lowest BCUT2D eigenvalue weighted by Crippen LogP contribution is -2.13. The van der Waals surface area contributed by atoms with Gasteiger partial charge >= 0.3 is 5.97 Å². The number of thioether (sulfide) groups is 1. The summed E-state index contributed by atoms with van der Waals surface area (Å²) in [5, 5.41) is 16.9. The number of hydrogen-bond acceptors (Lipinski definition) is 6. The summed E-state index contributed by atoms with van der Waals surface area (Å²) in [6.45, 7) is 3.76. The number of carboxylic acids is 1. The van der Waals surface area contributed by atoms with Crippen LogP contribution in [0.25, 0.3) is 11.4 Å². The van der Waals surface area contributed by atoms with E-state index >= 15 is 0 Å². The van der Waals surface area contributed by atoms with Crippen molar-refractivity contribution in [2.24, 2.45) is 0 Å². The Hall–Kier alpha value is -2.09. The van der Waals surface area contributed by atoms with Crippen LogP contribution in [0.1, 0.15) is 11.4 Å². The number of hydrogen-bond donors (Lipinski definition) is 2. The molecule has 19 heavy (non-hydrogen) atoms. The molecule has 2 heterocycles. The van der Waals surface area contributed by atoms with Crippen molar-refractivity contribution in [2.45, 2.75) is 19.0 Å². The second-order valence-electron chi connectivity index (χ2n) is 3.94. The highest BCUT2D eigenvalue weighted by molar-refractivity contribution is 7.99. The van der Waals surface area contributed by atoms with E-state index in [1.54, 1.807) is 0 Å². The van der Waals surface area contributed by atoms with Gasteiger partial charge in [-0.3, -0.25) is 9.78 Å². The maximum Gasteiger partial charge on any atom is 0.313 e. The molecular weight excluding hydrogens is 266 g/mol. The topological polar surface area (TPSA) is 107 Å². The highest BCUT2D eigenvalue weighted by atomic mass is 32.2. The zero-order valence-electron chi connectivity index (χ0n) is 10.5. The van der Waals surface area contributed by atoms with Crippen LogP contribution in [-0.2, 0) is 4.79 Å². The summed E-state index contributed by atoms with van der Waals surface area (Å²) in [5.41, 5.74) is 2.49. The van der Waals surface area contributed by atoms with E-state index in [-0.39, 0.29) is 5.75 Å². The van der Waals surface area contributed by atoms with Gasteiger partial charge in [-0.1, -0.05) is 11.8 Å². The third kappa shape index (κ3) is 2.84. The van der Waals surface area contributed by atoms with Gasteiger partial charge in [0, 0.05) is 17.0 Å². The molecule has 0 aromatic carbocycles. The first kappa shape index (κ1) is 13.3. The van der Waals surface area contributed by atoms with Crippen LogP contribution in [0.3, 0.4) is 0 Å². The van der Waals surface area contributed by atoms with Crippen molar-refractivity contribution >= 4 is 17.7 Å². The average molecular weight is 279 g/mol. The predicted molar refractivity (Wildman–Crippen MR) is 71.2 cm³/mol. The molecule has 0 fully saturated rings. The second kappa shape index (κ2) is 5.27. The van der Waals surface area contributed by atoms with Crippen molar-refractivity contribution in [3.63, 3.8) is 0 Å². The number of nitrogen functional groups attached to an aromatic ring is 1. The van der Waals surface area contributed by atoms with E-state index in [2.05, 4.69) is 15.2 Å². The maximum absolute atomic E-state index is 10.5. The van der Waals surface area contributed by atoms with Crippen LogP contribution >= 0.6 is 11.8 Å². The van der Waals surface area contributed by atoms with Gasteiger partial charge in [-0.05, 0) is 26.0 Å². The van der Waals surface area contributed by atoms with Gasteiger partial charge in [-0.2, -0.15) is 0 Å². The largest absolute Gasteiger partial charge is 0.481 e. The minimum absolute atomic E-state index is 0.111. The Morgan fingerprint density at radius 1 is 1.42 bits per heavy atom. The number of rotatable bonds is 4. The van der Waals surface area contributed by atoms with Gasteiger partial charge in [0.1, 0.15) is 0 Å². The summed E-state index contributed by atoms with van der Waals surface area (Å²) in [5.74, 6) is 5.31. The smallest absolute Gasteiger partial charge is 0.313 e. The molecule has 2 aromatic heterocycles. The van der Waals surface area contributed by atoms with Gasteiger partial charge in [0.25, 0.3) is 0 Å². The molecule has 0 radical (unpaired) electrons. The molecule has 100 valence electrons. The first-order valence-electron chi connectivity index (χ1n) is 5.48. The van der Waals surface area contributed by atoms with Crippen molar-refractivity contribution in [3.8, 4) is 11.4 Å². The third-order valence-electron chi connectivity index (χ3n) is 2.46. The molecule has 0 spiro atoms. The number of aryl methyl sites for hydroxylation is 2. The van der Waals surface area contributed by atoms with Gasteiger partial charge in [0.05, 0.1) is 5.75 Å². The summed E-state index contributed by atoms with van der Waals surface area (Å²) >= 11 is 1.02. The number of nitrogens with zero attached hydrogens (tertiary/aromatic N) is 4. The lowest BCUT2D eigenvalue weighted by molar-refractivity contribution is -0.133. The fraction of sp³-hybridized carbons (Fsp3) is 0.273. The number of aliphatic carboxylic acids is 1. The van der Waals surface area contributed by atoms with Crippen LogP contribution in [0, 0.1) is 13.8 Å². The highest BCUT2D eigenvalue weighted by Gasteiger charge is 2.15. The molecule has 0 saturated carbocycles. The van der Waals surface area contributed by atoms with E-state index in [9.17, 15) is 4.79 Å². The number of nitrogens with two attached hydrogens (primary N) is 1. The summed E-state index contributed by atoms with van der Waals surface area (Å²) in [6.07, 6.45) is 0. The summed E-state index contributed by atoms with van der Waals surface area (Å²) < 4.78 is 1.28. The maximum atomic E-state index is 10.5. The van der Waals surface area contributed by atoms with E-state index in [1.807, 2.05) is 26.0 Å². The summed E-state index contributed by atoms with van der Waals surface area (Å²) in [4.78, 5) is 14.9. The zero-order chi connectivity index (χ0) is 14.0. The molecule has 2 rings (SSSR count). The molecule has 0 unspecified atom stereocenters. The molecule has 2 aromatic rings. The number of aromatic nitrogens is 4. The SMILES string of the molecule is Cc1ccc(-c2nnc(SCC(=O)O)n2N)c(C)n1. The number of pyridine rings is 1. The van der Waals surface area contributed by atoms with E-state index < -0.39 is 5.97 Å². The summed E-state index contributed by atoms with van der Waals surface area (Å²) in [7, 11) is 0. The Morgan fingerprint density at radius 2 is 2.16 bits per heavy atom. The average Bonchev–Trinajstić information content (AvgIpc) is 2.68. The molecule has 0 saturated heterocycles. The molecule has 0 aliphatic heterocycles. The van der Waals surface area contributed by atoms with Crippen molar-refractivity contribution in [3.05, 3.63) is 23.5 Å². The summed E-state index contributed by atoms with van der Waals surface area (Å²) in [6, 6.07) is 3.73. The Bertz CT molecular complexity index is 626. The zero-order valence-corrected chi connectivity index (χ0v) is 11.3. The molecule has 0 atom stereocenters. The number of carboxylic acid groups (broad SMARTS) is 1. The highest BCUT2D eigenvalue weighted by Crippen LogP contribution is 2.23. The Kier molecular flexibility index (Phi) is 3.70. The first-order chi connectivity index (χ1) is 8.99. The van der Waals surface area contributed by atoms with Crippen LogP contribution in [0.2, 0.25) is 0 Å². The van der Waals surface area contributed by atoms with Crippen molar-refractivity contribution in [1.82, 2.24) is 19.9 Å². The van der Waals surface area contributed by atoms with Crippen LogP contribution in [0.4, 0.5) is 0 Å². The molecule has 7 nitrogen and oxygen atoms in total. The molecule has 0 bridgehead atoms. The van der Waals surface area contributed by atoms with Crippen LogP contribution in [0.15, 0.2) is 17.3 Å². The Morgan fingerprint density at radius 3 is 2.79 bits per heavy atom. The van der Waals surface area contributed by atoms with Crippen molar-refractivity contribution in [1.29, 1.82) is 0 Å². The monoisotopic (exact) mass is 279 g/mol. The molecule has 0 aliphatic rings. The van der Waals surface area contributed by atoms with Crippen molar-refractivity contribution in [2.75, 3.05) is 11.6 Å². The van der Waals surface area contributed by atoms with Crippen LogP contribution in [0.5, 0.6) is 0 Å². The molecule has 0 amide bonds. The predicted octanol–water partition coefficient (Wildman–Crippen LogP) is 0.847. The molecule has 8 heteroatoms. The van der Waals surface area contributed by atoms with Gasteiger partial charge in [0.15, 0.2) is 5.82 Å². The minimum Gasteiger partial charge on any atom is -0.481 e. The fourth-order valence-electron chi connectivity index (χ4n) is 1.61. The normalized spacial score (nSPS) is 10.6. The molecule has 0 aliphatic carbocycles. The minimum atomic E-state index is -0.928. The van der Waals surface area contributed by atoms with Gasteiger partial charge < -0.3 is 10.9 Å².